The summed E-state index contributed by atoms with van der Waals surface area (Å²) in [6.45, 7) is 3.78. The Bertz CT molecular complexity index is 920. The number of nitrogens with zero attached hydrogens (tertiary/aromatic N) is 2. The molecule has 0 atom stereocenters. The third kappa shape index (κ3) is 5.50. The maximum atomic E-state index is 12.8. The molecule has 0 unspecified atom stereocenters. The fraction of sp³-hybridized carbons (Fsp3) is 0.417. The number of amides is 2. The molecule has 0 bridgehead atoms. The van der Waals surface area contributed by atoms with Crippen molar-refractivity contribution in [2.75, 3.05) is 48.3 Å². The molecule has 2 saturated heterocycles. The number of hydrogen-bond acceptors (Lipinski definition) is 4. The third-order valence-corrected chi connectivity index (χ3v) is 6.15. The molecule has 0 saturated carbocycles. The first-order valence-electron chi connectivity index (χ1n) is 11.1. The molecule has 2 heterocycles. The van der Waals surface area contributed by atoms with Gasteiger partial charge >= 0.3 is 0 Å². The molecule has 0 radical (unpaired) electrons. The van der Waals surface area contributed by atoms with Crippen molar-refractivity contribution in [3.05, 3.63) is 53.1 Å². The van der Waals surface area contributed by atoms with Crippen LogP contribution in [-0.2, 0) is 4.79 Å². The Balaban J connectivity index is 1.35. The van der Waals surface area contributed by atoms with E-state index >= 15 is 0 Å². The number of anilines is 3. The first-order chi connectivity index (χ1) is 15.1. The van der Waals surface area contributed by atoms with Crippen molar-refractivity contribution in [2.45, 2.75) is 32.1 Å². The van der Waals surface area contributed by atoms with Gasteiger partial charge in [-0.2, -0.15) is 0 Å². The van der Waals surface area contributed by atoms with E-state index in [1.165, 1.54) is 24.9 Å². The van der Waals surface area contributed by atoms with Crippen molar-refractivity contribution in [2.24, 2.45) is 0 Å². The van der Waals surface area contributed by atoms with Crippen molar-refractivity contribution < 1.29 is 9.59 Å². The molecule has 0 spiro atoms. The molecule has 0 aromatic heterocycles. The molecule has 0 aliphatic carbocycles. The van der Waals surface area contributed by atoms with Crippen LogP contribution in [0.5, 0.6) is 0 Å². The van der Waals surface area contributed by atoms with Crippen LogP contribution in [0.3, 0.4) is 0 Å². The fourth-order valence-electron chi connectivity index (χ4n) is 4.23. The Morgan fingerprint density at radius 1 is 0.871 bits per heavy atom. The molecule has 2 aliphatic heterocycles. The predicted molar refractivity (Wildman–Crippen MR) is 126 cm³/mol. The zero-order chi connectivity index (χ0) is 21.6. The first-order valence-corrected chi connectivity index (χ1v) is 11.5. The van der Waals surface area contributed by atoms with E-state index in [4.69, 9.17) is 11.6 Å². The molecule has 6 nitrogen and oxygen atoms in total. The van der Waals surface area contributed by atoms with E-state index in [-0.39, 0.29) is 18.4 Å². The lowest BCUT2D eigenvalue weighted by atomic mass is 10.1. The maximum absolute atomic E-state index is 12.8. The Hall–Kier alpha value is -2.73. The van der Waals surface area contributed by atoms with Crippen LogP contribution in [-0.4, -0.2) is 49.4 Å². The molecule has 2 aromatic carbocycles. The largest absolute Gasteiger partial charge is 0.375 e. The number of hydrogen-bond donors (Lipinski definition) is 2. The molecule has 2 fully saturated rings. The number of carbonyl (C=O) groups is 2. The number of piperidine rings is 1. The number of likely N-dealkylation sites (tertiary alicyclic amines) is 1. The van der Waals surface area contributed by atoms with Crippen LogP contribution in [0.15, 0.2) is 42.5 Å². The van der Waals surface area contributed by atoms with E-state index in [0.29, 0.717) is 16.3 Å². The number of rotatable bonds is 6. The molecule has 7 heteroatoms. The van der Waals surface area contributed by atoms with Crippen LogP contribution in [0.4, 0.5) is 17.1 Å². The van der Waals surface area contributed by atoms with Crippen molar-refractivity contribution in [3.63, 3.8) is 0 Å². The molecule has 2 N–H and O–H groups in total. The van der Waals surface area contributed by atoms with E-state index in [1.807, 2.05) is 17.0 Å². The molecular formula is C24H29ClN4O2. The summed E-state index contributed by atoms with van der Waals surface area (Å²) in [5.74, 6) is -0.198. The average Bonchev–Trinajstić information content (AvgIpc) is 3.33. The van der Waals surface area contributed by atoms with Gasteiger partial charge in [-0.15, -0.1) is 0 Å². The highest BCUT2D eigenvalue weighted by Crippen LogP contribution is 2.25. The van der Waals surface area contributed by atoms with Crippen molar-refractivity contribution in [1.29, 1.82) is 0 Å². The van der Waals surface area contributed by atoms with Gasteiger partial charge < -0.3 is 20.4 Å². The Labute approximate surface area is 188 Å². The summed E-state index contributed by atoms with van der Waals surface area (Å²) in [6, 6.07) is 13.1. The standard InChI is InChI=1S/C24H29ClN4O2/c25-18-6-11-21(24(31)29-14-4-5-15-29)22(16-18)26-17-23(30)27-19-7-9-20(10-8-19)28-12-2-1-3-13-28/h6-11,16,26H,1-5,12-15,17H2,(H,27,30). The smallest absolute Gasteiger partial charge is 0.255 e. The molecule has 4 rings (SSSR count). The zero-order valence-electron chi connectivity index (χ0n) is 17.7. The van der Waals surface area contributed by atoms with Crippen molar-refractivity contribution in [1.82, 2.24) is 4.90 Å². The Kier molecular flexibility index (Phi) is 6.97. The molecule has 2 aliphatic rings. The van der Waals surface area contributed by atoms with E-state index in [1.54, 1.807) is 18.2 Å². The van der Waals surface area contributed by atoms with Gasteiger partial charge in [0.1, 0.15) is 0 Å². The lowest BCUT2D eigenvalue weighted by Crippen LogP contribution is -2.29. The normalized spacial score (nSPS) is 16.3. The highest BCUT2D eigenvalue weighted by atomic mass is 35.5. The second-order valence-electron chi connectivity index (χ2n) is 8.19. The van der Waals surface area contributed by atoms with Crippen LogP contribution >= 0.6 is 11.6 Å². The van der Waals surface area contributed by atoms with Gasteiger partial charge in [0, 0.05) is 48.3 Å². The van der Waals surface area contributed by atoms with Gasteiger partial charge in [0.15, 0.2) is 0 Å². The Morgan fingerprint density at radius 2 is 1.55 bits per heavy atom. The van der Waals surface area contributed by atoms with Gasteiger partial charge in [-0.05, 0) is 74.6 Å². The van der Waals surface area contributed by atoms with Crippen molar-refractivity contribution >= 4 is 40.5 Å². The van der Waals surface area contributed by atoms with Gasteiger partial charge in [0.25, 0.3) is 5.91 Å². The summed E-state index contributed by atoms with van der Waals surface area (Å²) in [5.41, 5.74) is 3.08. The van der Waals surface area contributed by atoms with Gasteiger partial charge in [0.2, 0.25) is 5.91 Å². The molecule has 164 valence electrons. The Morgan fingerprint density at radius 3 is 2.26 bits per heavy atom. The summed E-state index contributed by atoms with van der Waals surface area (Å²) >= 11 is 6.14. The first kappa shape index (κ1) is 21.5. The molecular weight excluding hydrogens is 412 g/mol. The average molecular weight is 441 g/mol. The van der Waals surface area contributed by atoms with Crippen LogP contribution in [0.2, 0.25) is 5.02 Å². The second kappa shape index (κ2) is 10.1. The van der Waals surface area contributed by atoms with Crippen LogP contribution < -0.4 is 15.5 Å². The lowest BCUT2D eigenvalue weighted by molar-refractivity contribution is -0.114. The zero-order valence-corrected chi connectivity index (χ0v) is 18.5. The number of benzene rings is 2. The van der Waals surface area contributed by atoms with Crippen LogP contribution in [0.25, 0.3) is 0 Å². The maximum Gasteiger partial charge on any atom is 0.255 e. The SMILES string of the molecule is O=C(CNc1cc(Cl)ccc1C(=O)N1CCCC1)Nc1ccc(N2CCCCC2)cc1. The van der Waals surface area contributed by atoms with Gasteiger partial charge in [-0.25, -0.2) is 0 Å². The lowest BCUT2D eigenvalue weighted by Gasteiger charge is -2.28. The summed E-state index contributed by atoms with van der Waals surface area (Å²) < 4.78 is 0. The van der Waals surface area contributed by atoms with Gasteiger partial charge in [-0.3, -0.25) is 9.59 Å². The van der Waals surface area contributed by atoms with Crippen LogP contribution in [0.1, 0.15) is 42.5 Å². The second-order valence-corrected chi connectivity index (χ2v) is 8.62. The minimum absolute atomic E-state index is 0.0228. The van der Waals surface area contributed by atoms with Gasteiger partial charge in [0.05, 0.1) is 12.1 Å². The predicted octanol–water partition coefficient (Wildman–Crippen LogP) is 4.62. The highest BCUT2D eigenvalue weighted by Gasteiger charge is 2.22. The minimum atomic E-state index is -0.176. The van der Waals surface area contributed by atoms with E-state index in [0.717, 1.165) is 44.7 Å². The van der Waals surface area contributed by atoms with E-state index in [2.05, 4.69) is 27.7 Å². The minimum Gasteiger partial charge on any atom is -0.375 e. The number of nitrogens with one attached hydrogen (secondary N) is 2. The monoisotopic (exact) mass is 440 g/mol. The molecule has 31 heavy (non-hydrogen) atoms. The van der Waals surface area contributed by atoms with Gasteiger partial charge in [-0.1, -0.05) is 11.6 Å². The molecule has 2 aromatic rings. The van der Waals surface area contributed by atoms with Crippen molar-refractivity contribution in [3.8, 4) is 0 Å². The summed E-state index contributed by atoms with van der Waals surface area (Å²) in [5, 5.41) is 6.52. The van der Waals surface area contributed by atoms with E-state index < -0.39 is 0 Å². The summed E-state index contributed by atoms with van der Waals surface area (Å²) in [6.07, 6.45) is 5.82. The molecule has 2 amide bonds. The van der Waals surface area contributed by atoms with Crippen LogP contribution in [0, 0.1) is 0 Å². The third-order valence-electron chi connectivity index (χ3n) is 5.92. The highest BCUT2D eigenvalue weighted by molar-refractivity contribution is 6.31. The quantitative estimate of drug-likeness (QED) is 0.688. The number of carbonyl (C=O) groups excluding carboxylic acids is 2. The summed E-state index contributed by atoms with van der Waals surface area (Å²) in [7, 11) is 0. The number of halogens is 1. The summed E-state index contributed by atoms with van der Waals surface area (Å²) in [4.78, 5) is 29.5. The fourth-order valence-corrected chi connectivity index (χ4v) is 4.40. The van der Waals surface area contributed by atoms with E-state index in [9.17, 15) is 9.59 Å². The topological polar surface area (TPSA) is 64.7 Å².